The maximum absolute atomic E-state index is 12.5. The van der Waals surface area contributed by atoms with Gasteiger partial charge in [-0.2, -0.15) is 18.3 Å². The minimum absolute atomic E-state index is 0.0575. The summed E-state index contributed by atoms with van der Waals surface area (Å²) in [6.07, 6.45) is -1.95. The number of ether oxygens (including phenoxy) is 1. The van der Waals surface area contributed by atoms with Crippen LogP contribution < -0.4 is 15.5 Å². The summed E-state index contributed by atoms with van der Waals surface area (Å²) in [7, 11) is 0. The van der Waals surface area contributed by atoms with Gasteiger partial charge in [0.25, 0.3) is 5.91 Å². The van der Waals surface area contributed by atoms with Crippen molar-refractivity contribution < 1.29 is 22.7 Å². The molecule has 1 aliphatic rings. The monoisotopic (exact) mass is 396 g/mol. The Labute approximate surface area is 159 Å². The fourth-order valence-corrected chi connectivity index (χ4v) is 2.60. The van der Waals surface area contributed by atoms with Crippen LogP contribution in [0.1, 0.15) is 16.1 Å². The topological polar surface area (TPSA) is 92.3 Å². The van der Waals surface area contributed by atoms with Gasteiger partial charge in [-0.15, -0.1) is 5.10 Å². The highest BCUT2D eigenvalue weighted by Gasteiger charge is 2.32. The number of pyridine rings is 1. The van der Waals surface area contributed by atoms with E-state index in [9.17, 15) is 18.0 Å². The van der Waals surface area contributed by atoms with E-state index in [1.165, 1.54) is 0 Å². The molecule has 3 heterocycles. The molecule has 1 amide bonds. The Balaban J connectivity index is 1.46. The van der Waals surface area contributed by atoms with E-state index in [0.29, 0.717) is 25.6 Å². The SMILES string of the molecule is O=C(NCCNc1cc(N2CCOCC2)cnn1)c1ccc(C(F)(F)F)nc1. The van der Waals surface area contributed by atoms with Gasteiger partial charge in [0.2, 0.25) is 0 Å². The number of carbonyl (C=O) groups is 1. The number of rotatable bonds is 6. The van der Waals surface area contributed by atoms with Crippen LogP contribution in [0.5, 0.6) is 0 Å². The number of carbonyl (C=O) groups excluding carboxylic acids is 1. The minimum Gasteiger partial charge on any atom is -0.378 e. The highest BCUT2D eigenvalue weighted by atomic mass is 19.4. The number of nitrogens with one attached hydrogen (secondary N) is 2. The number of aromatic nitrogens is 3. The summed E-state index contributed by atoms with van der Waals surface area (Å²) in [5.41, 5.74) is -0.0489. The lowest BCUT2D eigenvalue weighted by Crippen LogP contribution is -2.36. The Morgan fingerprint density at radius 3 is 2.64 bits per heavy atom. The third kappa shape index (κ3) is 5.28. The van der Waals surface area contributed by atoms with Crippen molar-refractivity contribution in [1.82, 2.24) is 20.5 Å². The quantitative estimate of drug-likeness (QED) is 0.716. The highest BCUT2D eigenvalue weighted by molar-refractivity contribution is 5.93. The molecule has 0 spiro atoms. The van der Waals surface area contributed by atoms with E-state index in [0.717, 1.165) is 37.1 Å². The van der Waals surface area contributed by atoms with Gasteiger partial charge in [0, 0.05) is 38.4 Å². The van der Waals surface area contributed by atoms with Gasteiger partial charge in [-0.05, 0) is 12.1 Å². The van der Waals surface area contributed by atoms with Crippen molar-refractivity contribution in [3.63, 3.8) is 0 Å². The van der Waals surface area contributed by atoms with Crippen molar-refractivity contribution in [3.8, 4) is 0 Å². The van der Waals surface area contributed by atoms with Gasteiger partial charge in [0.15, 0.2) is 5.82 Å². The van der Waals surface area contributed by atoms with E-state index in [-0.39, 0.29) is 12.1 Å². The van der Waals surface area contributed by atoms with Gasteiger partial charge in [-0.3, -0.25) is 9.78 Å². The molecule has 8 nitrogen and oxygen atoms in total. The average Bonchev–Trinajstić information content (AvgIpc) is 2.71. The van der Waals surface area contributed by atoms with Crippen LogP contribution in [-0.2, 0) is 10.9 Å². The molecule has 0 bridgehead atoms. The van der Waals surface area contributed by atoms with E-state index in [1.807, 2.05) is 6.07 Å². The molecule has 2 aromatic heterocycles. The first-order valence-electron chi connectivity index (χ1n) is 8.64. The van der Waals surface area contributed by atoms with Crippen molar-refractivity contribution in [2.24, 2.45) is 0 Å². The Morgan fingerprint density at radius 1 is 1.18 bits per heavy atom. The maximum atomic E-state index is 12.5. The summed E-state index contributed by atoms with van der Waals surface area (Å²) in [5, 5.41) is 13.6. The van der Waals surface area contributed by atoms with Crippen LogP contribution in [0.2, 0.25) is 0 Å². The first-order valence-corrected chi connectivity index (χ1v) is 8.64. The van der Waals surface area contributed by atoms with Crippen molar-refractivity contribution in [3.05, 3.63) is 41.9 Å². The van der Waals surface area contributed by atoms with Gasteiger partial charge in [0.1, 0.15) is 5.69 Å². The molecule has 3 rings (SSSR count). The average molecular weight is 396 g/mol. The maximum Gasteiger partial charge on any atom is 0.433 e. The summed E-state index contributed by atoms with van der Waals surface area (Å²) in [4.78, 5) is 17.4. The van der Waals surface area contributed by atoms with E-state index < -0.39 is 17.8 Å². The van der Waals surface area contributed by atoms with E-state index in [2.05, 4.69) is 30.7 Å². The molecule has 1 saturated heterocycles. The van der Waals surface area contributed by atoms with Gasteiger partial charge in [0.05, 0.1) is 30.7 Å². The largest absolute Gasteiger partial charge is 0.433 e. The molecular formula is C17H19F3N6O2. The third-order valence-electron chi connectivity index (χ3n) is 4.05. The van der Waals surface area contributed by atoms with E-state index in [4.69, 9.17) is 4.74 Å². The van der Waals surface area contributed by atoms with Crippen LogP contribution in [0.15, 0.2) is 30.6 Å². The smallest absolute Gasteiger partial charge is 0.378 e. The molecule has 1 fully saturated rings. The molecule has 1 aliphatic heterocycles. The molecule has 0 radical (unpaired) electrons. The Kier molecular flexibility index (Phi) is 6.24. The zero-order valence-electron chi connectivity index (χ0n) is 14.9. The second-order valence-electron chi connectivity index (χ2n) is 6.01. The van der Waals surface area contributed by atoms with Gasteiger partial charge in [-0.25, -0.2) is 0 Å². The van der Waals surface area contributed by atoms with Crippen LogP contribution in [0.3, 0.4) is 0 Å². The molecular weight excluding hydrogens is 377 g/mol. The number of hydrogen-bond acceptors (Lipinski definition) is 7. The molecule has 28 heavy (non-hydrogen) atoms. The fourth-order valence-electron chi connectivity index (χ4n) is 2.60. The fraction of sp³-hybridized carbons (Fsp3) is 0.412. The Hall–Kier alpha value is -2.95. The van der Waals surface area contributed by atoms with Gasteiger partial charge in [-0.1, -0.05) is 0 Å². The number of amides is 1. The van der Waals surface area contributed by atoms with Gasteiger partial charge >= 0.3 is 6.18 Å². The lowest BCUT2D eigenvalue weighted by Gasteiger charge is -2.28. The molecule has 150 valence electrons. The Bertz CT molecular complexity index is 794. The molecule has 0 aromatic carbocycles. The van der Waals surface area contributed by atoms with Crippen molar-refractivity contribution in [2.75, 3.05) is 49.6 Å². The Morgan fingerprint density at radius 2 is 1.96 bits per heavy atom. The molecule has 0 aliphatic carbocycles. The number of morpholine rings is 1. The number of halogens is 3. The molecule has 0 atom stereocenters. The first kappa shape index (κ1) is 19.8. The minimum atomic E-state index is -4.53. The van der Waals surface area contributed by atoms with Crippen LogP contribution in [0.25, 0.3) is 0 Å². The molecule has 2 N–H and O–H groups in total. The second-order valence-corrected chi connectivity index (χ2v) is 6.01. The predicted octanol–water partition coefficient (Wildman–Crippen LogP) is 1.57. The summed E-state index contributed by atoms with van der Waals surface area (Å²) < 4.78 is 42.8. The van der Waals surface area contributed by atoms with Crippen LogP contribution >= 0.6 is 0 Å². The number of nitrogens with zero attached hydrogens (tertiary/aromatic N) is 4. The summed E-state index contributed by atoms with van der Waals surface area (Å²) in [6.45, 7) is 3.51. The standard InChI is InChI=1S/C17H19F3N6O2/c18-17(19,20)14-2-1-12(10-23-14)16(27)22-4-3-21-15-9-13(11-24-25-15)26-5-7-28-8-6-26/h1-2,9-11H,3-8H2,(H,21,25)(H,22,27). The number of hydrogen-bond donors (Lipinski definition) is 2. The highest BCUT2D eigenvalue weighted by Crippen LogP contribution is 2.27. The third-order valence-corrected chi connectivity index (χ3v) is 4.05. The van der Waals surface area contributed by atoms with E-state index >= 15 is 0 Å². The van der Waals surface area contributed by atoms with Crippen molar-refractivity contribution >= 4 is 17.4 Å². The lowest BCUT2D eigenvalue weighted by atomic mass is 10.2. The summed E-state index contributed by atoms with van der Waals surface area (Å²) >= 11 is 0. The normalized spacial score (nSPS) is 14.6. The summed E-state index contributed by atoms with van der Waals surface area (Å²) in [5.74, 6) is 0.0608. The van der Waals surface area contributed by atoms with Crippen LogP contribution in [0.4, 0.5) is 24.7 Å². The van der Waals surface area contributed by atoms with Crippen LogP contribution in [0, 0.1) is 0 Å². The lowest BCUT2D eigenvalue weighted by molar-refractivity contribution is -0.141. The number of anilines is 2. The predicted molar refractivity (Wildman–Crippen MR) is 95.1 cm³/mol. The molecule has 0 unspecified atom stereocenters. The zero-order chi connectivity index (χ0) is 20.0. The molecule has 0 saturated carbocycles. The molecule has 11 heteroatoms. The number of alkyl halides is 3. The zero-order valence-corrected chi connectivity index (χ0v) is 14.9. The van der Waals surface area contributed by atoms with Crippen LogP contribution in [-0.4, -0.2) is 60.5 Å². The van der Waals surface area contributed by atoms with E-state index in [1.54, 1.807) is 6.20 Å². The second kappa shape index (κ2) is 8.83. The van der Waals surface area contributed by atoms with Gasteiger partial charge < -0.3 is 20.3 Å². The van der Waals surface area contributed by atoms with Crippen molar-refractivity contribution in [1.29, 1.82) is 0 Å². The van der Waals surface area contributed by atoms with Crippen molar-refractivity contribution in [2.45, 2.75) is 6.18 Å². The first-order chi connectivity index (χ1) is 13.4. The molecule has 2 aromatic rings. The summed E-state index contributed by atoms with van der Waals surface area (Å²) in [6, 6.07) is 3.73.